The van der Waals surface area contributed by atoms with Crippen molar-refractivity contribution in [3.63, 3.8) is 0 Å². The second-order valence-electron chi connectivity index (χ2n) is 7.23. The monoisotopic (exact) mass is 378 g/mol. The summed E-state index contributed by atoms with van der Waals surface area (Å²) in [7, 11) is 0. The fraction of sp³-hybridized carbons (Fsp3) is 0.333. The van der Waals surface area contributed by atoms with Crippen LogP contribution in [0, 0.1) is 0 Å². The number of piperidine rings is 1. The summed E-state index contributed by atoms with van der Waals surface area (Å²) >= 11 is 0. The quantitative estimate of drug-likeness (QED) is 0.751. The van der Waals surface area contributed by atoms with Gasteiger partial charge >= 0.3 is 0 Å². The van der Waals surface area contributed by atoms with Crippen LogP contribution in [0.25, 0.3) is 5.95 Å². The molecule has 4 heterocycles. The van der Waals surface area contributed by atoms with Crippen LogP contribution >= 0.6 is 0 Å². The summed E-state index contributed by atoms with van der Waals surface area (Å²) < 4.78 is 12.9. The zero-order valence-electron chi connectivity index (χ0n) is 15.4. The number of aromatic nitrogens is 3. The van der Waals surface area contributed by atoms with Crippen molar-refractivity contribution >= 4 is 0 Å². The predicted molar refractivity (Wildman–Crippen MR) is 103 cm³/mol. The largest absolute Gasteiger partial charge is 0.454 e. The minimum absolute atomic E-state index is 0.106. The number of ether oxygens (including phenoxy) is 2. The number of aliphatic hydroxyl groups is 1. The van der Waals surface area contributed by atoms with E-state index in [0.717, 1.165) is 42.3 Å². The highest BCUT2D eigenvalue weighted by atomic mass is 16.7. The maximum Gasteiger partial charge on any atom is 0.233 e. The molecule has 144 valence electrons. The van der Waals surface area contributed by atoms with E-state index in [1.165, 1.54) is 0 Å². The lowest BCUT2D eigenvalue weighted by atomic mass is 9.87. The van der Waals surface area contributed by atoms with Crippen LogP contribution in [-0.4, -0.2) is 50.5 Å². The normalized spacial score (nSPS) is 21.8. The fourth-order valence-corrected chi connectivity index (χ4v) is 4.06. The Labute approximate surface area is 163 Å². The Morgan fingerprint density at radius 1 is 1.07 bits per heavy atom. The molecule has 7 heteroatoms. The topological polar surface area (TPSA) is 72.6 Å². The van der Waals surface area contributed by atoms with E-state index in [9.17, 15) is 5.11 Å². The smallest absolute Gasteiger partial charge is 0.233 e. The van der Waals surface area contributed by atoms with E-state index in [4.69, 9.17) is 9.47 Å². The molecule has 0 radical (unpaired) electrons. The molecule has 2 aliphatic rings. The third kappa shape index (κ3) is 3.23. The molecule has 2 atom stereocenters. The molecular weight excluding hydrogens is 356 g/mol. The summed E-state index contributed by atoms with van der Waals surface area (Å²) in [6.45, 7) is 2.55. The molecule has 5 rings (SSSR count). The maximum atomic E-state index is 10.8. The van der Waals surface area contributed by atoms with Crippen LogP contribution in [0.15, 0.2) is 55.0 Å². The number of benzene rings is 1. The van der Waals surface area contributed by atoms with Crippen molar-refractivity contribution in [2.24, 2.45) is 0 Å². The molecule has 0 amide bonds. The first kappa shape index (κ1) is 17.2. The molecule has 28 heavy (non-hydrogen) atoms. The summed E-state index contributed by atoms with van der Waals surface area (Å²) in [4.78, 5) is 10.9. The highest BCUT2D eigenvalue weighted by Crippen LogP contribution is 2.37. The molecule has 2 aromatic heterocycles. The van der Waals surface area contributed by atoms with Gasteiger partial charge < -0.3 is 14.6 Å². The van der Waals surface area contributed by atoms with E-state index in [0.29, 0.717) is 12.5 Å². The summed E-state index contributed by atoms with van der Waals surface area (Å²) in [6, 6.07) is 11.9. The molecule has 0 bridgehead atoms. The molecule has 0 unspecified atom stereocenters. The number of β-amino-alcohol motifs (C(OH)–C–C–N with tert-alkyl or cyclic N) is 1. The van der Waals surface area contributed by atoms with Crippen LogP contribution in [0.5, 0.6) is 11.5 Å². The van der Waals surface area contributed by atoms with Gasteiger partial charge in [-0.2, -0.15) is 0 Å². The Morgan fingerprint density at radius 2 is 1.93 bits per heavy atom. The van der Waals surface area contributed by atoms with Gasteiger partial charge in [0, 0.05) is 43.3 Å². The number of hydrogen-bond acceptors (Lipinski definition) is 6. The average molecular weight is 378 g/mol. The second-order valence-corrected chi connectivity index (χ2v) is 7.23. The van der Waals surface area contributed by atoms with Gasteiger partial charge in [0.1, 0.15) is 0 Å². The SMILES string of the molecule is O[C@@H]1CN(Cc2cccn2-c2ncccn2)CC[C@H]1c1ccc2c(c1)OCO2. The van der Waals surface area contributed by atoms with Crippen molar-refractivity contribution < 1.29 is 14.6 Å². The number of fused-ring (bicyclic) bond motifs is 1. The summed E-state index contributed by atoms with van der Waals surface area (Å²) in [6.07, 6.45) is 5.93. The lowest BCUT2D eigenvalue weighted by Gasteiger charge is -2.36. The molecule has 1 saturated heterocycles. The fourth-order valence-electron chi connectivity index (χ4n) is 4.06. The van der Waals surface area contributed by atoms with E-state index in [-0.39, 0.29) is 12.7 Å². The van der Waals surface area contributed by atoms with Gasteiger partial charge in [0.15, 0.2) is 11.5 Å². The summed E-state index contributed by atoms with van der Waals surface area (Å²) in [5, 5.41) is 10.8. The zero-order chi connectivity index (χ0) is 18.9. The van der Waals surface area contributed by atoms with E-state index in [1.54, 1.807) is 12.4 Å². The summed E-state index contributed by atoms with van der Waals surface area (Å²) in [5.74, 6) is 2.32. The van der Waals surface area contributed by atoms with Gasteiger partial charge in [-0.1, -0.05) is 6.07 Å². The van der Waals surface area contributed by atoms with Crippen molar-refractivity contribution in [2.75, 3.05) is 19.9 Å². The van der Waals surface area contributed by atoms with Crippen molar-refractivity contribution in [3.8, 4) is 17.4 Å². The van der Waals surface area contributed by atoms with Gasteiger partial charge in [0.2, 0.25) is 12.7 Å². The first-order valence-corrected chi connectivity index (χ1v) is 9.51. The Morgan fingerprint density at radius 3 is 2.79 bits per heavy atom. The summed E-state index contributed by atoms with van der Waals surface area (Å²) in [5.41, 5.74) is 2.22. The number of likely N-dealkylation sites (tertiary alicyclic amines) is 1. The van der Waals surface area contributed by atoms with Gasteiger partial charge in [-0.25, -0.2) is 9.97 Å². The third-order valence-corrected chi connectivity index (χ3v) is 5.48. The lowest BCUT2D eigenvalue weighted by Crippen LogP contribution is -2.42. The average Bonchev–Trinajstić information content (AvgIpc) is 3.37. The van der Waals surface area contributed by atoms with E-state index in [1.807, 2.05) is 41.1 Å². The van der Waals surface area contributed by atoms with Crippen molar-refractivity contribution in [3.05, 3.63) is 66.2 Å². The van der Waals surface area contributed by atoms with Crippen LogP contribution in [0.3, 0.4) is 0 Å². The molecule has 1 fully saturated rings. The van der Waals surface area contributed by atoms with Crippen LogP contribution in [0.2, 0.25) is 0 Å². The van der Waals surface area contributed by atoms with E-state index in [2.05, 4.69) is 20.9 Å². The van der Waals surface area contributed by atoms with Crippen LogP contribution < -0.4 is 9.47 Å². The molecule has 0 spiro atoms. The molecule has 3 aromatic rings. The van der Waals surface area contributed by atoms with Crippen LogP contribution in [0.4, 0.5) is 0 Å². The van der Waals surface area contributed by atoms with Crippen molar-refractivity contribution in [2.45, 2.75) is 25.0 Å². The van der Waals surface area contributed by atoms with Gasteiger partial charge in [0.05, 0.1) is 6.10 Å². The van der Waals surface area contributed by atoms with Crippen LogP contribution in [0.1, 0.15) is 23.6 Å². The van der Waals surface area contributed by atoms with E-state index < -0.39 is 6.10 Å². The first-order chi connectivity index (χ1) is 13.8. The van der Waals surface area contributed by atoms with Gasteiger partial charge in [0.25, 0.3) is 0 Å². The Hall–Kier alpha value is -2.90. The van der Waals surface area contributed by atoms with Gasteiger partial charge in [-0.3, -0.25) is 9.47 Å². The van der Waals surface area contributed by atoms with Crippen molar-refractivity contribution in [1.82, 2.24) is 19.4 Å². The Balaban J connectivity index is 1.28. The molecule has 7 nitrogen and oxygen atoms in total. The van der Waals surface area contributed by atoms with Crippen LogP contribution in [-0.2, 0) is 6.54 Å². The molecule has 1 N–H and O–H groups in total. The molecule has 1 aromatic carbocycles. The standard InChI is InChI=1S/C21H22N4O3/c26-18-13-24(12-16-3-1-9-25(16)21-22-7-2-8-23-21)10-6-17(18)15-4-5-19-20(11-15)28-14-27-19/h1-5,7-9,11,17-18,26H,6,10,12-14H2/t17-,18+/m0/s1. The minimum atomic E-state index is -0.425. The van der Waals surface area contributed by atoms with Crippen molar-refractivity contribution in [1.29, 1.82) is 0 Å². The maximum absolute atomic E-state index is 10.8. The van der Waals surface area contributed by atoms with Gasteiger partial charge in [-0.15, -0.1) is 0 Å². The molecular formula is C21H22N4O3. The van der Waals surface area contributed by atoms with E-state index >= 15 is 0 Å². The van der Waals surface area contributed by atoms with Gasteiger partial charge in [-0.05, 0) is 48.9 Å². The highest BCUT2D eigenvalue weighted by molar-refractivity contribution is 5.45. The Bertz CT molecular complexity index is 959. The first-order valence-electron chi connectivity index (χ1n) is 9.51. The number of rotatable bonds is 4. The number of hydrogen-bond donors (Lipinski definition) is 1. The second kappa shape index (κ2) is 7.26. The molecule has 2 aliphatic heterocycles. The predicted octanol–water partition coefficient (Wildman–Crippen LogP) is 2.35. The third-order valence-electron chi connectivity index (χ3n) is 5.48. The molecule has 0 saturated carbocycles. The Kier molecular flexibility index (Phi) is 4.46. The zero-order valence-corrected chi connectivity index (χ0v) is 15.4. The highest BCUT2D eigenvalue weighted by Gasteiger charge is 2.30. The minimum Gasteiger partial charge on any atom is -0.454 e. The molecule has 0 aliphatic carbocycles. The number of nitrogens with zero attached hydrogens (tertiary/aromatic N) is 4. The lowest BCUT2D eigenvalue weighted by molar-refractivity contribution is 0.0468. The number of aliphatic hydroxyl groups excluding tert-OH is 1.